The highest BCUT2D eigenvalue weighted by atomic mass is 35.5. The first kappa shape index (κ1) is 15.9. The predicted octanol–water partition coefficient (Wildman–Crippen LogP) is -0.290. The number of nitrogens with zero attached hydrogens (tertiary/aromatic N) is 1. The number of halogens is 4. The maximum absolute atomic E-state index is 11.8. The van der Waals surface area contributed by atoms with E-state index in [9.17, 15) is 21.6 Å². The van der Waals surface area contributed by atoms with Crippen LogP contribution in [-0.2, 0) is 10.2 Å². The van der Waals surface area contributed by atoms with Gasteiger partial charge in [-0.1, -0.05) is 0 Å². The highest BCUT2D eigenvalue weighted by Crippen LogP contribution is 2.13. The molecule has 1 fully saturated rings. The molecule has 1 rings (SSSR count). The number of piperazine rings is 1. The van der Waals surface area contributed by atoms with Crippen LogP contribution < -0.4 is 10.0 Å². The standard InChI is InChI=1S/C6H12F3N3O2S.ClH/c7-6(8,9)5-11-15(13,14)12-3-1-10-2-4-12;/h10-11H,1-5H2;1H. The second kappa shape index (κ2) is 6.01. The van der Waals surface area contributed by atoms with Gasteiger partial charge in [-0.05, 0) is 0 Å². The summed E-state index contributed by atoms with van der Waals surface area (Å²) in [6.45, 7) is -0.250. The average molecular weight is 284 g/mol. The third-order valence-corrected chi connectivity index (χ3v) is 3.43. The minimum absolute atomic E-state index is 0. The second-order valence-corrected chi connectivity index (χ2v) is 4.85. The Balaban J connectivity index is 0.00000225. The summed E-state index contributed by atoms with van der Waals surface area (Å²) in [5.41, 5.74) is 0. The van der Waals surface area contributed by atoms with E-state index in [-0.39, 0.29) is 25.5 Å². The van der Waals surface area contributed by atoms with E-state index in [1.165, 1.54) is 4.72 Å². The van der Waals surface area contributed by atoms with Gasteiger partial charge in [-0.2, -0.15) is 30.6 Å². The van der Waals surface area contributed by atoms with Gasteiger partial charge >= 0.3 is 6.18 Å². The normalized spacial score (nSPS) is 19.2. The van der Waals surface area contributed by atoms with Gasteiger partial charge < -0.3 is 5.32 Å². The lowest BCUT2D eigenvalue weighted by atomic mass is 10.4. The van der Waals surface area contributed by atoms with Crippen LogP contribution in [0.25, 0.3) is 0 Å². The predicted molar refractivity (Wildman–Crippen MR) is 54.7 cm³/mol. The molecule has 0 aromatic heterocycles. The smallest absolute Gasteiger partial charge is 0.314 e. The Hall–Kier alpha value is -0.0900. The summed E-state index contributed by atoms with van der Waals surface area (Å²) in [4.78, 5) is 0. The molecule has 0 aromatic rings. The van der Waals surface area contributed by atoms with Crippen molar-refractivity contribution < 1.29 is 21.6 Å². The minimum Gasteiger partial charge on any atom is -0.314 e. The van der Waals surface area contributed by atoms with Crippen molar-refractivity contribution in [3.63, 3.8) is 0 Å². The molecule has 0 amide bonds. The van der Waals surface area contributed by atoms with E-state index in [1.54, 1.807) is 0 Å². The Kier molecular flexibility index (Phi) is 5.98. The minimum atomic E-state index is -4.53. The largest absolute Gasteiger partial charge is 0.402 e. The van der Waals surface area contributed by atoms with Crippen molar-refractivity contribution >= 4 is 22.6 Å². The Morgan fingerprint density at radius 2 is 1.75 bits per heavy atom. The van der Waals surface area contributed by atoms with E-state index in [0.717, 1.165) is 4.31 Å². The maximum Gasteiger partial charge on any atom is 0.402 e. The first-order chi connectivity index (χ1) is 6.81. The van der Waals surface area contributed by atoms with Gasteiger partial charge in [-0.25, -0.2) is 0 Å². The van der Waals surface area contributed by atoms with Crippen molar-refractivity contribution in [2.75, 3.05) is 32.7 Å². The fourth-order valence-corrected chi connectivity index (χ4v) is 2.34. The van der Waals surface area contributed by atoms with Crippen LogP contribution in [0.4, 0.5) is 13.2 Å². The van der Waals surface area contributed by atoms with E-state index in [1.807, 2.05) is 0 Å². The number of rotatable bonds is 3. The van der Waals surface area contributed by atoms with Crippen molar-refractivity contribution in [2.45, 2.75) is 6.18 Å². The van der Waals surface area contributed by atoms with Gasteiger partial charge in [0, 0.05) is 26.2 Å². The highest BCUT2D eigenvalue weighted by molar-refractivity contribution is 7.87. The van der Waals surface area contributed by atoms with Crippen LogP contribution in [-0.4, -0.2) is 51.6 Å². The fraction of sp³-hybridized carbons (Fsp3) is 1.00. The molecular weight excluding hydrogens is 271 g/mol. The molecule has 0 radical (unpaired) electrons. The zero-order chi connectivity index (χ0) is 11.5. The molecule has 10 heteroatoms. The van der Waals surface area contributed by atoms with Gasteiger partial charge in [-0.15, -0.1) is 12.4 Å². The summed E-state index contributed by atoms with van der Waals surface area (Å²) < 4.78 is 60.5. The molecule has 98 valence electrons. The molecule has 0 aliphatic carbocycles. The van der Waals surface area contributed by atoms with E-state index < -0.39 is 22.9 Å². The summed E-state index contributed by atoms with van der Waals surface area (Å²) in [5.74, 6) is 0. The highest BCUT2D eigenvalue weighted by Gasteiger charge is 2.32. The Morgan fingerprint density at radius 1 is 1.25 bits per heavy atom. The number of alkyl halides is 3. The molecule has 0 spiro atoms. The average Bonchev–Trinajstić information content (AvgIpc) is 2.16. The first-order valence-corrected chi connectivity index (χ1v) is 5.77. The lowest BCUT2D eigenvalue weighted by Crippen LogP contribution is -2.51. The van der Waals surface area contributed by atoms with Crippen molar-refractivity contribution in [1.29, 1.82) is 0 Å². The van der Waals surface area contributed by atoms with Crippen LogP contribution in [0.15, 0.2) is 0 Å². The van der Waals surface area contributed by atoms with Crippen molar-refractivity contribution in [2.24, 2.45) is 0 Å². The number of hydrogen-bond acceptors (Lipinski definition) is 3. The molecule has 1 saturated heterocycles. The first-order valence-electron chi connectivity index (χ1n) is 4.33. The summed E-state index contributed by atoms with van der Waals surface area (Å²) in [6, 6.07) is 0. The summed E-state index contributed by atoms with van der Waals surface area (Å²) >= 11 is 0. The molecule has 1 heterocycles. The third kappa shape index (κ3) is 5.30. The molecule has 1 aliphatic rings. The number of hydrogen-bond donors (Lipinski definition) is 2. The van der Waals surface area contributed by atoms with Gasteiger partial charge in [-0.3, -0.25) is 0 Å². The quantitative estimate of drug-likeness (QED) is 0.748. The molecule has 0 atom stereocenters. The van der Waals surface area contributed by atoms with Crippen LogP contribution in [0.5, 0.6) is 0 Å². The van der Waals surface area contributed by atoms with Gasteiger partial charge in [0.05, 0.1) is 0 Å². The lowest BCUT2D eigenvalue weighted by Gasteiger charge is -2.26. The van der Waals surface area contributed by atoms with E-state index in [0.29, 0.717) is 13.1 Å². The zero-order valence-electron chi connectivity index (χ0n) is 8.25. The summed E-state index contributed by atoms with van der Waals surface area (Å²) in [6.07, 6.45) is -4.53. The van der Waals surface area contributed by atoms with Gasteiger partial charge in [0.2, 0.25) is 0 Å². The van der Waals surface area contributed by atoms with Gasteiger partial charge in [0.25, 0.3) is 10.2 Å². The van der Waals surface area contributed by atoms with Gasteiger partial charge in [0.15, 0.2) is 0 Å². The van der Waals surface area contributed by atoms with Crippen molar-refractivity contribution in [1.82, 2.24) is 14.3 Å². The monoisotopic (exact) mass is 283 g/mol. The van der Waals surface area contributed by atoms with Crippen LogP contribution in [0.2, 0.25) is 0 Å². The van der Waals surface area contributed by atoms with Crippen molar-refractivity contribution in [3.05, 3.63) is 0 Å². The van der Waals surface area contributed by atoms with Gasteiger partial charge in [0.1, 0.15) is 6.54 Å². The van der Waals surface area contributed by atoms with Crippen LogP contribution in [0.3, 0.4) is 0 Å². The van der Waals surface area contributed by atoms with Crippen LogP contribution in [0.1, 0.15) is 0 Å². The molecule has 16 heavy (non-hydrogen) atoms. The topological polar surface area (TPSA) is 61.4 Å². The molecule has 5 nitrogen and oxygen atoms in total. The van der Waals surface area contributed by atoms with E-state index in [4.69, 9.17) is 0 Å². The Bertz CT molecular complexity index is 303. The maximum atomic E-state index is 11.8. The molecule has 0 saturated carbocycles. The second-order valence-electron chi connectivity index (χ2n) is 3.09. The summed E-state index contributed by atoms with van der Waals surface area (Å²) in [7, 11) is -3.99. The summed E-state index contributed by atoms with van der Waals surface area (Å²) in [5, 5.41) is 2.90. The molecule has 0 aromatic carbocycles. The van der Waals surface area contributed by atoms with Crippen LogP contribution >= 0.6 is 12.4 Å². The fourth-order valence-electron chi connectivity index (χ4n) is 1.15. The van der Waals surface area contributed by atoms with E-state index >= 15 is 0 Å². The lowest BCUT2D eigenvalue weighted by molar-refractivity contribution is -0.121. The number of nitrogens with one attached hydrogen (secondary N) is 2. The molecule has 0 unspecified atom stereocenters. The molecule has 2 N–H and O–H groups in total. The Labute approximate surface area is 98.0 Å². The molecule has 1 aliphatic heterocycles. The van der Waals surface area contributed by atoms with Crippen molar-refractivity contribution in [3.8, 4) is 0 Å². The van der Waals surface area contributed by atoms with Crippen LogP contribution in [0, 0.1) is 0 Å². The third-order valence-electron chi connectivity index (χ3n) is 1.87. The van der Waals surface area contributed by atoms with E-state index in [2.05, 4.69) is 5.32 Å². The Morgan fingerprint density at radius 3 is 2.19 bits per heavy atom. The molecular formula is C6H13ClF3N3O2S. The molecule has 0 bridgehead atoms. The SMILES string of the molecule is Cl.O=S(=O)(NCC(F)(F)F)N1CCNCC1. The zero-order valence-corrected chi connectivity index (χ0v) is 9.88.